The summed E-state index contributed by atoms with van der Waals surface area (Å²) in [6.45, 7) is 3.70. The molecule has 0 saturated heterocycles. The molecule has 0 radical (unpaired) electrons. The number of rotatable bonds is 4. The number of benzene rings is 1. The van der Waals surface area contributed by atoms with Gasteiger partial charge in [-0.15, -0.1) is 0 Å². The highest BCUT2D eigenvalue weighted by atomic mass is 16.5. The van der Waals surface area contributed by atoms with Crippen LogP contribution in [0.15, 0.2) is 36.5 Å². The molecule has 0 unspecified atom stereocenters. The number of nitriles is 1. The standard InChI is InChI=1S/C16H14N2O2/c1-3-15(19)14-7-6-13(10-18-14)20-16-8-12(9-17)5-4-11(16)2/h4-8,10H,3H2,1-2H3. The number of aromatic nitrogens is 1. The Morgan fingerprint density at radius 1 is 1.35 bits per heavy atom. The van der Waals surface area contributed by atoms with Gasteiger partial charge in [0, 0.05) is 6.42 Å². The van der Waals surface area contributed by atoms with Gasteiger partial charge in [0.25, 0.3) is 0 Å². The van der Waals surface area contributed by atoms with Gasteiger partial charge >= 0.3 is 0 Å². The van der Waals surface area contributed by atoms with E-state index < -0.39 is 0 Å². The molecule has 0 atom stereocenters. The van der Waals surface area contributed by atoms with Gasteiger partial charge in [0.05, 0.1) is 17.8 Å². The third kappa shape index (κ3) is 3.01. The maximum atomic E-state index is 11.5. The van der Waals surface area contributed by atoms with Crippen LogP contribution in [0.1, 0.15) is 35.0 Å². The molecular weight excluding hydrogens is 252 g/mol. The second-order valence-corrected chi connectivity index (χ2v) is 4.35. The quantitative estimate of drug-likeness (QED) is 0.792. The van der Waals surface area contributed by atoms with E-state index in [1.807, 2.05) is 13.0 Å². The highest BCUT2D eigenvalue weighted by molar-refractivity contribution is 5.93. The van der Waals surface area contributed by atoms with Gasteiger partial charge in [0.2, 0.25) is 0 Å². The first-order chi connectivity index (χ1) is 9.63. The highest BCUT2D eigenvalue weighted by Gasteiger charge is 2.07. The van der Waals surface area contributed by atoms with Crippen molar-refractivity contribution in [2.75, 3.05) is 0 Å². The predicted octanol–water partition coefficient (Wildman–Crippen LogP) is 3.65. The SMILES string of the molecule is CCC(=O)c1ccc(Oc2cc(C#N)ccc2C)cn1. The van der Waals surface area contributed by atoms with Crippen molar-refractivity contribution in [1.82, 2.24) is 4.98 Å². The van der Waals surface area contributed by atoms with E-state index in [2.05, 4.69) is 11.1 Å². The van der Waals surface area contributed by atoms with Crippen LogP contribution in [0, 0.1) is 18.3 Å². The van der Waals surface area contributed by atoms with Crippen LogP contribution in [0.5, 0.6) is 11.5 Å². The lowest BCUT2D eigenvalue weighted by molar-refractivity contribution is 0.0983. The summed E-state index contributed by atoms with van der Waals surface area (Å²) in [6.07, 6.45) is 1.94. The summed E-state index contributed by atoms with van der Waals surface area (Å²) in [5, 5.41) is 8.89. The van der Waals surface area contributed by atoms with Crippen molar-refractivity contribution >= 4 is 5.78 Å². The summed E-state index contributed by atoms with van der Waals surface area (Å²) in [7, 11) is 0. The predicted molar refractivity (Wildman–Crippen MR) is 74.8 cm³/mol. The molecule has 2 aromatic rings. The molecule has 0 aliphatic carbocycles. The molecule has 0 bridgehead atoms. The Labute approximate surface area is 117 Å². The topological polar surface area (TPSA) is 63.0 Å². The maximum Gasteiger partial charge on any atom is 0.180 e. The minimum absolute atomic E-state index is 0.000733. The zero-order chi connectivity index (χ0) is 14.5. The number of nitrogens with zero attached hydrogens (tertiary/aromatic N) is 2. The van der Waals surface area contributed by atoms with Crippen molar-refractivity contribution in [2.24, 2.45) is 0 Å². The number of pyridine rings is 1. The van der Waals surface area contributed by atoms with E-state index in [4.69, 9.17) is 10.00 Å². The minimum atomic E-state index is -0.000733. The van der Waals surface area contributed by atoms with Gasteiger partial charge in [0.15, 0.2) is 5.78 Å². The van der Waals surface area contributed by atoms with Crippen LogP contribution in [0.25, 0.3) is 0 Å². The molecule has 1 aromatic carbocycles. The van der Waals surface area contributed by atoms with Gasteiger partial charge in [-0.25, -0.2) is 4.98 Å². The number of hydrogen-bond acceptors (Lipinski definition) is 4. The van der Waals surface area contributed by atoms with E-state index >= 15 is 0 Å². The molecule has 0 fully saturated rings. The van der Waals surface area contributed by atoms with Gasteiger partial charge in [-0.1, -0.05) is 13.0 Å². The Morgan fingerprint density at radius 3 is 2.75 bits per heavy atom. The van der Waals surface area contributed by atoms with Crippen LogP contribution in [0.3, 0.4) is 0 Å². The average molecular weight is 266 g/mol. The zero-order valence-electron chi connectivity index (χ0n) is 11.4. The second-order valence-electron chi connectivity index (χ2n) is 4.35. The van der Waals surface area contributed by atoms with Crippen LogP contribution in [0.4, 0.5) is 0 Å². The van der Waals surface area contributed by atoms with E-state index in [1.54, 1.807) is 31.2 Å². The lowest BCUT2D eigenvalue weighted by Gasteiger charge is -2.09. The molecule has 20 heavy (non-hydrogen) atoms. The molecule has 0 N–H and O–H groups in total. The Bertz CT molecular complexity index is 670. The van der Waals surface area contributed by atoms with Gasteiger partial charge in [-0.3, -0.25) is 4.79 Å². The van der Waals surface area contributed by atoms with Crippen molar-refractivity contribution < 1.29 is 9.53 Å². The monoisotopic (exact) mass is 266 g/mol. The number of carbonyl (C=O) groups excluding carboxylic acids is 1. The summed E-state index contributed by atoms with van der Waals surface area (Å²) in [5.74, 6) is 1.15. The normalized spacial score (nSPS) is 9.85. The third-order valence-corrected chi connectivity index (χ3v) is 2.89. The van der Waals surface area contributed by atoms with Crippen LogP contribution >= 0.6 is 0 Å². The number of aryl methyl sites for hydroxylation is 1. The van der Waals surface area contributed by atoms with Gasteiger partial charge in [0.1, 0.15) is 17.2 Å². The molecule has 4 nitrogen and oxygen atoms in total. The average Bonchev–Trinajstić information content (AvgIpc) is 2.49. The van der Waals surface area contributed by atoms with Crippen molar-refractivity contribution in [2.45, 2.75) is 20.3 Å². The maximum absolute atomic E-state index is 11.5. The largest absolute Gasteiger partial charge is 0.455 e. The van der Waals surface area contributed by atoms with Crippen LogP contribution in [0.2, 0.25) is 0 Å². The molecule has 0 spiro atoms. The fourth-order valence-electron chi connectivity index (χ4n) is 1.69. The van der Waals surface area contributed by atoms with Crippen molar-refractivity contribution in [3.63, 3.8) is 0 Å². The number of ether oxygens (including phenoxy) is 1. The van der Waals surface area contributed by atoms with E-state index in [1.165, 1.54) is 6.20 Å². The molecule has 1 heterocycles. The Hall–Kier alpha value is -2.67. The van der Waals surface area contributed by atoms with Gasteiger partial charge in [-0.2, -0.15) is 5.26 Å². The molecule has 0 saturated carbocycles. The van der Waals surface area contributed by atoms with Crippen molar-refractivity contribution in [3.05, 3.63) is 53.3 Å². The lowest BCUT2D eigenvalue weighted by Crippen LogP contribution is -1.99. The first-order valence-corrected chi connectivity index (χ1v) is 6.32. The molecule has 0 aliphatic rings. The van der Waals surface area contributed by atoms with Crippen molar-refractivity contribution in [3.8, 4) is 17.6 Å². The highest BCUT2D eigenvalue weighted by Crippen LogP contribution is 2.25. The molecule has 0 amide bonds. The summed E-state index contributed by atoms with van der Waals surface area (Å²) < 4.78 is 5.70. The summed E-state index contributed by atoms with van der Waals surface area (Å²) in [5.41, 5.74) is 1.90. The van der Waals surface area contributed by atoms with E-state index in [0.717, 1.165) is 5.56 Å². The summed E-state index contributed by atoms with van der Waals surface area (Å²) >= 11 is 0. The molecule has 0 aliphatic heterocycles. The molecule has 100 valence electrons. The van der Waals surface area contributed by atoms with Gasteiger partial charge in [-0.05, 0) is 36.8 Å². The van der Waals surface area contributed by atoms with Crippen LogP contribution in [-0.2, 0) is 0 Å². The minimum Gasteiger partial charge on any atom is -0.455 e. The lowest BCUT2D eigenvalue weighted by atomic mass is 10.1. The molecular formula is C16H14N2O2. The Balaban J connectivity index is 2.22. The zero-order valence-corrected chi connectivity index (χ0v) is 11.4. The van der Waals surface area contributed by atoms with Crippen LogP contribution in [-0.4, -0.2) is 10.8 Å². The number of ketones is 1. The van der Waals surface area contributed by atoms with Crippen LogP contribution < -0.4 is 4.74 Å². The van der Waals surface area contributed by atoms with E-state index in [9.17, 15) is 4.79 Å². The number of carbonyl (C=O) groups is 1. The number of hydrogen-bond donors (Lipinski definition) is 0. The fraction of sp³-hybridized carbons (Fsp3) is 0.188. The molecule has 2 rings (SSSR count). The molecule has 4 heteroatoms. The summed E-state index contributed by atoms with van der Waals surface area (Å²) in [4.78, 5) is 15.6. The summed E-state index contributed by atoms with van der Waals surface area (Å²) in [6, 6.07) is 10.7. The third-order valence-electron chi connectivity index (χ3n) is 2.89. The number of Topliss-reactive ketones (excluding diaryl/α,β-unsaturated/α-hetero) is 1. The fourth-order valence-corrected chi connectivity index (χ4v) is 1.69. The Morgan fingerprint density at radius 2 is 2.15 bits per heavy atom. The Kier molecular flexibility index (Phi) is 4.11. The van der Waals surface area contributed by atoms with E-state index in [0.29, 0.717) is 29.2 Å². The van der Waals surface area contributed by atoms with Gasteiger partial charge < -0.3 is 4.74 Å². The first kappa shape index (κ1) is 13.8. The first-order valence-electron chi connectivity index (χ1n) is 6.32. The second kappa shape index (κ2) is 5.98. The van der Waals surface area contributed by atoms with Crippen molar-refractivity contribution in [1.29, 1.82) is 5.26 Å². The van der Waals surface area contributed by atoms with E-state index in [-0.39, 0.29) is 5.78 Å². The molecule has 1 aromatic heterocycles. The smallest absolute Gasteiger partial charge is 0.180 e.